The average molecular weight is 463 g/mol. The zero-order valence-corrected chi connectivity index (χ0v) is 20.1. The Morgan fingerprint density at radius 2 is 1.29 bits per heavy atom. The summed E-state index contributed by atoms with van der Waals surface area (Å²) in [6.45, 7) is 4.41. The van der Waals surface area contributed by atoms with Gasteiger partial charge in [-0.15, -0.1) is 0 Å². The zero-order chi connectivity index (χ0) is 23.5. The Kier molecular flexibility index (Phi) is 6.24. The zero-order valence-electron chi connectivity index (χ0n) is 19.3. The van der Waals surface area contributed by atoms with Crippen molar-refractivity contribution in [3.05, 3.63) is 108 Å². The third-order valence-electron chi connectivity index (χ3n) is 5.99. The van der Waals surface area contributed by atoms with Gasteiger partial charge in [-0.25, -0.2) is 0 Å². The molecule has 5 aromatic rings. The Morgan fingerprint density at radius 1 is 0.735 bits per heavy atom. The maximum atomic E-state index is 11.4. The van der Waals surface area contributed by atoms with Crippen molar-refractivity contribution in [2.24, 2.45) is 0 Å². The summed E-state index contributed by atoms with van der Waals surface area (Å²) in [7, 11) is 0. The molecule has 0 saturated heterocycles. The number of amides is 1. The minimum absolute atomic E-state index is 0.0627. The van der Waals surface area contributed by atoms with Gasteiger partial charge in [0.05, 0.1) is 0 Å². The van der Waals surface area contributed by atoms with E-state index in [9.17, 15) is 4.79 Å². The number of aryl methyl sites for hydroxylation is 1. The standard InChI is InChI=1S/C30H26N2OS/c1-20-9-3-8-14-29(20)31-19-28-24-10-4-6-12-26(24)30(27-13-7-5-11-25(27)28)34-23-17-15-22(16-18-23)32-21(2)33/h3-18,31H,19H2,1-2H3,(H,32,33). The molecule has 0 fully saturated rings. The molecule has 0 radical (unpaired) electrons. The summed E-state index contributed by atoms with van der Waals surface area (Å²) in [5.74, 6) is -0.0627. The average Bonchev–Trinajstić information content (AvgIpc) is 2.85. The van der Waals surface area contributed by atoms with E-state index in [-0.39, 0.29) is 5.91 Å². The maximum absolute atomic E-state index is 11.4. The quantitative estimate of drug-likeness (QED) is 0.251. The van der Waals surface area contributed by atoms with Crippen molar-refractivity contribution in [1.29, 1.82) is 0 Å². The number of rotatable bonds is 6. The first-order valence-electron chi connectivity index (χ1n) is 11.4. The fourth-order valence-electron chi connectivity index (χ4n) is 4.36. The van der Waals surface area contributed by atoms with Gasteiger partial charge in [0.15, 0.2) is 0 Å². The van der Waals surface area contributed by atoms with Crippen molar-refractivity contribution in [2.75, 3.05) is 10.6 Å². The molecule has 0 heterocycles. The number of anilines is 2. The van der Waals surface area contributed by atoms with Gasteiger partial charge in [0.25, 0.3) is 0 Å². The molecule has 2 N–H and O–H groups in total. The van der Waals surface area contributed by atoms with Crippen molar-refractivity contribution in [3.8, 4) is 0 Å². The molecule has 0 saturated carbocycles. The van der Waals surface area contributed by atoms with E-state index in [0.717, 1.165) is 22.8 Å². The van der Waals surface area contributed by atoms with Gasteiger partial charge in [0.1, 0.15) is 0 Å². The van der Waals surface area contributed by atoms with Gasteiger partial charge in [-0.2, -0.15) is 0 Å². The maximum Gasteiger partial charge on any atom is 0.221 e. The van der Waals surface area contributed by atoms with Crippen LogP contribution in [0.1, 0.15) is 18.1 Å². The van der Waals surface area contributed by atoms with Crippen molar-refractivity contribution < 1.29 is 4.79 Å². The lowest BCUT2D eigenvalue weighted by Gasteiger charge is -2.18. The van der Waals surface area contributed by atoms with Gasteiger partial charge < -0.3 is 10.6 Å². The third kappa shape index (κ3) is 4.50. The minimum Gasteiger partial charge on any atom is -0.381 e. The summed E-state index contributed by atoms with van der Waals surface area (Å²) in [5, 5.41) is 11.5. The highest BCUT2D eigenvalue weighted by Gasteiger charge is 2.15. The monoisotopic (exact) mass is 462 g/mol. The molecular formula is C30H26N2OS. The summed E-state index contributed by atoms with van der Waals surface area (Å²) in [4.78, 5) is 13.7. The first-order valence-corrected chi connectivity index (χ1v) is 12.2. The normalized spacial score (nSPS) is 11.0. The largest absolute Gasteiger partial charge is 0.381 e. The van der Waals surface area contributed by atoms with Crippen LogP contribution < -0.4 is 10.6 Å². The highest BCUT2D eigenvalue weighted by Crippen LogP contribution is 2.42. The fourth-order valence-corrected chi connectivity index (χ4v) is 5.45. The lowest BCUT2D eigenvalue weighted by Crippen LogP contribution is -2.05. The van der Waals surface area contributed by atoms with Crippen molar-refractivity contribution in [2.45, 2.75) is 30.2 Å². The molecule has 5 aromatic carbocycles. The van der Waals surface area contributed by atoms with Gasteiger partial charge in [-0.05, 0) is 69.9 Å². The molecule has 0 aliphatic carbocycles. The van der Waals surface area contributed by atoms with Crippen LogP contribution in [0.15, 0.2) is 107 Å². The van der Waals surface area contributed by atoms with Gasteiger partial charge in [-0.1, -0.05) is 78.5 Å². The molecule has 0 bridgehead atoms. The van der Waals surface area contributed by atoms with E-state index in [4.69, 9.17) is 0 Å². The van der Waals surface area contributed by atoms with Gasteiger partial charge in [0.2, 0.25) is 5.91 Å². The first-order chi connectivity index (χ1) is 16.6. The number of benzene rings is 5. The molecule has 0 aliphatic heterocycles. The Hall–Kier alpha value is -3.76. The van der Waals surface area contributed by atoms with Gasteiger partial charge in [-0.3, -0.25) is 4.79 Å². The molecule has 0 unspecified atom stereocenters. The summed E-state index contributed by atoms with van der Waals surface area (Å²) in [5.41, 5.74) is 4.52. The lowest BCUT2D eigenvalue weighted by molar-refractivity contribution is -0.114. The Bertz CT molecular complexity index is 1430. The first kappa shape index (κ1) is 22.1. The number of hydrogen-bond donors (Lipinski definition) is 2. The second-order valence-corrected chi connectivity index (χ2v) is 9.46. The Labute approximate surface area is 204 Å². The van der Waals surface area contributed by atoms with E-state index in [1.165, 1.54) is 44.5 Å². The third-order valence-corrected chi connectivity index (χ3v) is 7.14. The molecule has 0 atom stereocenters. The van der Waals surface area contributed by atoms with E-state index < -0.39 is 0 Å². The van der Waals surface area contributed by atoms with E-state index in [1.54, 1.807) is 11.8 Å². The molecule has 0 aromatic heterocycles. The Balaban J connectivity index is 1.59. The van der Waals surface area contributed by atoms with Crippen molar-refractivity contribution in [1.82, 2.24) is 0 Å². The molecule has 0 spiro atoms. The summed E-state index contributed by atoms with van der Waals surface area (Å²) >= 11 is 1.77. The summed E-state index contributed by atoms with van der Waals surface area (Å²) < 4.78 is 0. The van der Waals surface area contributed by atoms with E-state index in [0.29, 0.717) is 0 Å². The molecule has 0 aliphatic rings. The van der Waals surface area contributed by atoms with Gasteiger partial charge >= 0.3 is 0 Å². The van der Waals surface area contributed by atoms with Crippen molar-refractivity contribution >= 4 is 50.6 Å². The van der Waals surface area contributed by atoms with Crippen LogP contribution in [0.5, 0.6) is 0 Å². The number of para-hydroxylation sites is 1. The number of carbonyl (C=O) groups excluding carboxylic acids is 1. The van der Waals surface area contributed by atoms with E-state index in [1.807, 2.05) is 12.1 Å². The van der Waals surface area contributed by atoms with Crippen LogP contribution in [0.3, 0.4) is 0 Å². The van der Waals surface area contributed by atoms with E-state index >= 15 is 0 Å². The van der Waals surface area contributed by atoms with Crippen LogP contribution in [0.2, 0.25) is 0 Å². The number of fused-ring (bicyclic) bond motifs is 2. The van der Waals surface area contributed by atoms with Crippen LogP contribution in [0.4, 0.5) is 11.4 Å². The van der Waals surface area contributed by atoms with E-state index in [2.05, 4.69) is 102 Å². The smallest absolute Gasteiger partial charge is 0.221 e. The van der Waals surface area contributed by atoms with Crippen LogP contribution >= 0.6 is 11.8 Å². The molecule has 1 amide bonds. The summed E-state index contributed by atoms with van der Waals surface area (Å²) in [6.07, 6.45) is 0. The van der Waals surface area contributed by atoms with Crippen LogP contribution in [0.25, 0.3) is 21.5 Å². The topological polar surface area (TPSA) is 41.1 Å². The number of carbonyl (C=O) groups is 1. The molecule has 3 nitrogen and oxygen atoms in total. The molecule has 168 valence electrons. The molecule has 5 rings (SSSR count). The van der Waals surface area contributed by atoms with Crippen LogP contribution in [-0.4, -0.2) is 5.91 Å². The highest BCUT2D eigenvalue weighted by atomic mass is 32.2. The molecule has 34 heavy (non-hydrogen) atoms. The van der Waals surface area contributed by atoms with Crippen LogP contribution in [0, 0.1) is 6.92 Å². The minimum atomic E-state index is -0.0627. The predicted octanol–water partition coefficient (Wildman–Crippen LogP) is 8.02. The second-order valence-electron chi connectivity index (χ2n) is 8.37. The predicted molar refractivity (Wildman–Crippen MR) is 145 cm³/mol. The second kappa shape index (κ2) is 9.62. The number of nitrogens with one attached hydrogen (secondary N) is 2. The fraction of sp³-hybridized carbons (Fsp3) is 0.100. The van der Waals surface area contributed by atoms with Crippen molar-refractivity contribution in [3.63, 3.8) is 0 Å². The summed E-state index contributed by atoms with van der Waals surface area (Å²) in [6, 6.07) is 33.8. The number of hydrogen-bond acceptors (Lipinski definition) is 3. The Morgan fingerprint density at radius 3 is 1.88 bits per heavy atom. The van der Waals surface area contributed by atoms with Crippen LogP contribution in [-0.2, 0) is 11.3 Å². The highest BCUT2D eigenvalue weighted by molar-refractivity contribution is 7.99. The molecule has 4 heteroatoms. The lowest BCUT2D eigenvalue weighted by atomic mass is 9.96. The SMILES string of the molecule is CC(=O)Nc1ccc(Sc2c3ccccc3c(CNc3ccccc3C)c3ccccc23)cc1. The molecular weight excluding hydrogens is 436 g/mol. The van der Waals surface area contributed by atoms with Gasteiger partial charge in [0, 0.05) is 34.6 Å².